The van der Waals surface area contributed by atoms with Gasteiger partial charge in [-0.2, -0.15) is 0 Å². The average molecular weight is 212 g/mol. The fourth-order valence-electron chi connectivity index (χ4n) is 2.67. The van der Waals surface area contributed by atoms with Gasteiger partial charge >= 0.3 is 0 Å². The van der Waals surface area contributed by atoms with E-state index in [9.17, 15) is 0 Å². The maximum absolute atomic E-state index is 9.09. The Bertz CT molecular complexity index is 200. The summed E-state index contributed by atoms with van der Waals surface area (Å²) < 4.78 is 0. The molecule has 0 aliphatic heterocycles. The van der Waals surface area contributed by atoms with Gasteiger partial charge in [0.05, 0.1) is 6.61 Å². The van der Waals surface area contributed by atoms with Gasteiger partial charge in [0.2, 0.25) is 0 Å². The first kappa shape index (κ1) is 11.4. The van der Waals surface area contributed by atoms with Crippen molar-refractivity contribution in [3.8, 4) is 0 Å². The molecule has 0 radical (unpaired) electrons. The number of hydrogen-bond acceptors (Lipinski definition) is 3. The average Bonchev–Trinajstić information content (AvgIpc) is 2.83. The van der Waals surface area contributed by atoms with Gasteiger partial charge < -0.3 is 10.8 Å². The molecule has 3 nitrogen and oxygen atoms in total. The molecule has 0 bridgehead atoms. The van der Waals surface area contributed by atoms with Crippen LogP contribution in [0.2, 0.25) is 0 Å². The summed E-state index contributed by atoms with van der Waals surface area (Å²) in [5, 5.41) is 9.09. The summed E-state index contributed by atoms with van der Waals surface area (Å²) in [6.07, 6.45) is 7.90. The quantitative estimate of drug-likeness (QED) is 0.661. The van der Waals surface area contributed by atoms with Crippen LogP contribution in [-0.2, 0) is 0 Å². The van der Waals surface area contributed by atoms with Gasteiger partial charge in [-0.05, 0) is 44.1 Å². The molecule has 2 saturated carbocycles. The van der Waals surface area contributed by atoms with Gasteiger partial charge in [-0.15, -0.1) is 0 Å². The summed E-state index contributed by atoms with van der Waals surface area (Å²) in [5.74, 6) is 0. The molecule has 0 unspecified atom stereocenters. The molecule has 0 heterocycles. The molecule has 3 heteroatoms. The summed E-state index contributed by atoms with van der Waals surface area (Å²) >= 11 is 0. The molecular formula is C12H24N2O. The van der Waals surface area contributed by atoms with Crippen molar-refractivity contribution in [1.82, 2.24) is 4.90 Å². The lowest BCUT2D eigenvalue weighted by atomic mass is 9.89. The first-order valence-corrected chi connectivity index (χ1v) is 6.35. The predicted molar refractivity (Wildman–Crippen MR) is 61.6 cm³/mol. The van der Waals surface area contributed by atoms with Crippen molar-refractivity contribution in [1.29, 1.82) is 0 Å². The van der Waals surface area contributed by atoms with Crippen LogP contribution in [0.4, 0.5) is 0 Å². The molecule has 15 heavy (non-hydrogen) atoms. The van der Waals surface area contributed by atoms with Crippen LogP contribution in [0.1, 0.15) is 38.5 Å². The first-order valence-electron chi connectivity index (χ1n) is 6.35. The van der Waals surface area contributed by atoms with Crippen LogP contribution in [0, 0.1) is 5.41 Å². The Kier molecular flexibility index (Phi) is 3.65. The van der Waals surface area contributed by atoms with Crippen LogP contribution >= 0.6 is 0 Å². The Hall–Kier alpha value is -0.120. The zero-order valence-electron chi connectivity index (χ0n) is 9.62. The van der Waals surface area contributed by atoms with Crippen LogP contribution < -0.4 is 5.73 Å². The second kappa shape index (κ2) is 4.81. The van der Waals surface area contributed by atoms with E-state index in [0.29, 0.717) is 12.0 Å². The molecule has 2 aliphatic rings. The van der Waals surface area contributed by atoms with Crippen molar-refractivity contribution >= 4 is 0 Å². The van der Waals surface area contributed by atoms with E-state index in [1.807, 2.05) is 0 Å². The van der Waals surface area contributed by atoms with Crippen molar-refractivity contribution in [2.75, 3.05) is 26.2 Å². The minimum Gasteiger partial charge on any atom is -0.395 e. The van der Waals surface area contributed by atoms with E-state index >= 15 is 0 Å². The number of nitrogens with two attached hydrogens (primary N) is 1. The van der Waals surface area contributed by atoms with Gasteiger partial charge in [-0.25, -0.2) is 0 Å². The van der Waals surface area contributed by atoms with E-state index in [1.54, 1.807) is 0 Å². The molecule has 0 amide bonds. The molecule has 0 aromatic rings. The van der Waals surface area contributed by atoms with E-state index in [2.05, 4.69) is 4.90 Å². The highest BCUT2D eigenvalue weighted by Crippen LogP contribution is 2.49. The van der Waals surface area contributed by atoms with E-state index in [0.717, 1.165) is 19.1 Å². The van der Waals surface area contributed by atoms with E-state index in [-0.39, 0.29) is 0 Å². The van der Waals surface area contributed by atoms with Crippen molar-refractivity contribution < 1.29 is 5.11 Å². The highest BCUT2D eigenvalue weighted by molar-refractivity contribution is 4.97. The molecule has 0 aromatic carbocycles. The summed E-state index contributed by atoms with van der Waals surface area (Å²) in [6.45, 7) is 3.15. The van der Waals surface area contributed by atoms with Crippen molar-refractivity contribution in [3.05, 3.63) is 0 Å². The molecule has 0 aromatic heterocycles. The van der Waals surface area contributed by atoms with Crippen LogP contribution in [0.25, 0.3) is 0 Å². The van der Waals surface area contributed by atoms with Gasteiger partial charge in [-0.3, -0.25) is 4.90 Å². The van der Waals surface area contributed by atoms with Crippen molar-refractivity contribution in [3.63, 3.8) is 0 Å². The summed E-state index contributed by atoms with van der Waals surface area (Å²) in [6, 6.07) is 0.757. The zero-order chi connectivity index (χ0) is 10.7. The van der Waals surface area contributed by atoms with Gasteiger partial charge in [0, 0.05) is 19.1 Å². The lowest BCUT2D eigenvalue weighted by molar-refractivity contribution is 0.0787. The smallest absolute Gasteiger partial charge is 0.0558 e. The number of hydrogen-bond donors (Lipinski definition) is 2. The number of aliphatic hydroxyl groups excluding tert-OH is 1. The molecule has 0 saturated heterocycles. The van der Waals surface area contributed by atoms with Crippen molar-refractivity contribution in [2.45, 2.75) is 44.6 Å². The monoisotopic (exact) mass is 212 g/mol. The number of rotatable bonds is 7. The molecule has 0 spiro atoms. The third-order valence-electron chi connectivity index (χ3n) is 4.15. The fourth-order valence-corrected chi connectivity index (χ4v) is 2.67. The predicted octanol–water partition coefficient (Wildman–Crippen LogP) is 0.962. The van der Waals surface area contributed by atoms with E-state index in [4.69, 9.17) is 10.8 Å². The molecule has 0 atom stereocenters. The lowest BCUT2D eigenvalue weighted by Gasteiger charge is -2.39. The summed E-state index contributed by atoms with van der Waals surface area (Å²) in [4.78, 5) is 2.51. The van der Waals surface area contributed by atoms with Gasteiger partial charge in [0.25, 0.3) is 0 Å². The largest absolute Gasteiger partial charge is 0.395 e. The van der Waals surface area contributed by atoms with Crippen LogP contribution in [0.15, 0.2) is 0 Å². The minimum atomic E-state index is 0.301. The highest BCUT2D eigenvalue weighted by Gasteiger charge is 2.44. The zero-order valence-corrected chi connectivity index (χ0v) is 9.62. The Morgan fingerprint density at radius 2 is 2.07 bits per heavy atom. The third-order valence-corrected chi connectivity index (χ3v) is 4.15. The molecule has 2 fully saturated rings. The Morgan fingerprint density at radius 3 is 2.47 bits per heavy atom. The fraction of sp³-hybridized carbons (Fsp3) is 1.00. The summed E-state index contributed by atoms with van der Waals surface area (Å²) in [7, 11) is 0. The molecular weight excluding hydrogens is 188 g/mol. The van der Waals surface area contributed by atoms with Crippen LogP contribution in [0.3, 0.4) is 0 Å². The SMILES string of the molecule is NCCC1(CN(CCO)C2CCC2)CC1. The summed E-state index contributed by atoms with van der Waals surface area (Å²) in [5.41, 5.74) is 6.19. The van der Waals surface area contributed by atoms with Gasteiger partial charge in [0.1, 0.15) is 0 Å². The molecule has 2 aliphatic carbocycles. The number of nitrogens with zero attached hydrogens (tertiary/aromatic N) is 1. The van der Waals surface area contributed by atoms with Crippen molar-refractivity contribution in [2.24, 2.45) is 11.1 Å². The maximum atomic E-state index is 9.09. The Labute approximate surface area is 92.6 Å². The van der Waals surface area contributed by atoms with Crippen LogP contribution in [0.5, 0.6) is 0 Å². The minimum absolute atomic E-state index is 0.301. The molecule has 3 N–H and O–H groups in total. The second-order valence-corrected chi connectivity index (χ2v) is 5.32. The Balaban J connectivity index is 1.82. The Morgan fingerprint density at radius 1 is 1.33 bits per heavy atom. The normalized spacial score (nSPS) is 24.2. The number of aliphatic hydroxyl groups is 1. The maximum Gasteiger partial charge on any atom is 0.0558 e. The van der Waals surface area contributed by atoms with Gasteiger partial charge in [0.15, 0.2) is 0 Å². The highest BCUT2D eigenvalue weighted by atomic mass is 16.3. The molecule has 88 valence electrons. The standard InChI is InChI=1S/C12H24N2O/c13-7-6-12(4-5-12)10-14(8-9-15)11-2-1-3-11/h11,15H,1-10,13H2. The topological polar surface area (TPSA) is 49.5 Å². The van der Waals surface area contributed by atoms with Gasteiger partial charge in [-0.1, -0.05) is 6.42 Å². The molecule has 2 rings (SSSR count). The second-order valence-electron chi connectivity index (χ2n) is 5.32. The first-order chi connectivity index (χ1) is 7.29. The third kappa shape index (κ3) is 2.71. The van der Waals surface area contributed by atoms with Crippen LogP contribution in [-0.4, -0.2) is 42.3 Å². The van der Waals surface area contributed by atoms with E-state index < -0.39 is 0 Å². The lowest BCUT2D eigenvalue weighted by Crippen LogP contribution is -2.45. The van der Waals surface area contributed by atoms with E-state index in [1.165, 1.54) is 45.1 Å².